The van der Waals surface area contributed by atoms with Crippen LogP contribution in [0.4, 0.5) is 0 Å². The molecule has 0 aliphatic heterocycles. The van der Waals surface area contributed by atoms with Crippen LogP contribution in [0.5, 0.6) is 0 Å². The van der Waals surface area contributed by atoms with Crippen LogP contribution in [0, 0.1) is 11.3 Å². The first-order valence-corrected chi connectivity index (χ1v) is 5.44. The molecule has 1 unspecified atom stereocenters. The maximum Gasteiger partial charge on any atom is 0.250 e. The van der Waals surface area contributed by atoms with Crippen molar-refractivity contribution in [1.29, 1.82) is 0 Å². The number of nitrogens with one attached hydrogen (secondary N) is 1. The molecule has 0 saturated carbocycles. The van der Waals surface area contributed by atoms with Crippen LogP contribution in [0.15, 0.2) is 0 Å². The lowest BCUT2D eigenvalue weighted by Gasteiger charge is -2.27. The molecule has 4 heteroatoms. The second-order valence-corrected chi connectivity index (χ2v) is 5.23. The third-order valence-electron chi connectivity index (χ3n) is 2.23. The van der Waals surface area contributed by atoms with E-state index in [1.807, 2.05) is 0 Å². The van der Waals surface area contributed by atoms with Gasteiger partial charge in [-0.15, -0.1) is 0 Å². The van der Waals surface area contributed by atoms with E-state index in [0.29, 0.717) is 12.5 Å². The van der Waals surface area contributed by atoms with Crippen molar-refractivity contribution in [2.24, 2.45) is 17.1 Å². The maximum absolute atomic E-state index is 11.3. The third kappa shape index (κ3) is 6.47. The maximum atomic E-state index is 11.3. The zero-order chi connectivity index (χ0) is 12.1. The number of aliphatic hydroxyl groups excluding tert-OH is 1. The van der Waals surface area contributed by atoms with Gasteiger partial charge in [-0.3, -0.25) is 4.79 Å². The molecular weight excluding hydrogens is 192 g/mol. The zero-order valence-electron chi connectivity index (χ0n) is 10.2. The Hall–Kier alpha value is -0.610. The van der Waals surface area contributed by atoms with Gasteiger partial charge in [-0.25, -0.2) is 0 Å². The van der Waals surface area contributed by atoms with Crippen LogP contribution in [0.3, 0.4) is 0 Å². The Balaban J connectivity index is 3.98. The molecule has 0 heterocycles. The number of carbonyl (C=O) groups is 1. The Bertz CT molecular complexity index is 203. The summed E-state index contributed by atoms with van der Waals surface area (Å²) in [6.45, 7) is 9.04. The van der Waals surface area contributed by atoms with Crippen molar-refractivity contribution in [2.45, 2.75) is 40.2 Å². The van der Waals surface area contributed by atoms with E-state index in [1.54, 1.807) is 0 Å². The van der Waals surface area contributed by atoms with Crippen molar-refractivity contribution in [2.75, 3.05) is 13.1 Å². The number of hydrogen-bond donors (Lipinski definition) is 3. The molecule has 0 radical (unpaired) electrons. The van der Waals surface area contributed by atoms with Gasteiger partial charge in [0.05, 0.1) is 0 Å². The molecule has 4 nitrogen and oxygen atoms in total. The van der Waals surface area contributed by atoms with Gasteiger partial charge >= 0.3 is 0 Å². The summed E-state index contributed by atoms with van der Waals surface area (Å²) in [4.78, 5) is 11.3. The highest BCUT2D eigenvalue weighted by atomic mass is 16.3. The van der Waals surface area contributed by atoms with Gasteiger partial charge in [0.1, 0.15) is 6.10 Å². The highest BCUT2D eigenvalue weighted by Crippen LogP contribution is 2.23. The Morgan fingerprint density at radius 2 is 2.00 bits per heavy atom. The quantitative estimate of drug-likeness (QED) is 0.605. The first-order chi connectivity index (χ1) is 6.78. The Labute approximate surface area is 92.2 Å². The lowest BCUT2D eigenvalue weighted by atomic mass is 9.84. The molecule has 90 valence electrons. The number of hydrogen-bond acceptors (Lipinski definition) is 3. The minimum Gasteiger partial charge on any atom is -0.382 e. The second-order valence-electron chi connectivity index (χ2n) is 5.23. The number of amides is 1. The fraction of sp³-hybridized carbons (Fsp3) is 0.909. The van der Waals surface area contributed by atoms with E-state index in [-0.39, 0.29) is 17.9 Å². The lowest BCUT2D eigenvalue weighted by Crippen LogP contribution is -2.43. The third-order valence-corrected chi connectivity index (χ3v) is 2.23. The zero-order valence-corrected chi connectivity index (χ0v) is 10.2. The molecule has 0 aromatic heterocycles. The van der Waals surface area contributed by atoms with Gasteiger partial charge in [0.15, 0.2) is 0 Å². The molecule has 15 heavy (non-hydrogen) atoms. The van der Waals surface area contributed by atoms with Gasteiger partial charge < -0.3 is 16.2 Å². The predicted octanol–water partition coefficient (Wildman–Crippen LogP) is 0.495. The van der Waals surface area contributed by atoms with Crippen molar-refractivity contribution < 1.29 is 9.90 Å². The summed E-state index contributed by atoms with van der Waals surface area (Å²) in [7, 11) is 0. The molecule has 0 spiro atoms. The van der Waals surface area contributed by atoms with Crippen LogP contribution in [-0.2, 0) is 4.79 Å². The van der Waals surface area contributed by atoms with Crippen molar-refractivity contribution >= 4 is 5.91 Å². The average molecular weight is 216 g/mol. The molecule has 0 aromatic carbocycles. The molecule has 0 aliphatic rings. The smallest absolute Gasteiger partial charge is 0.250 e. The van der Waals surface area contributed by atoms with Gasteiger partial charge in [-0.1, -0.05) is 27.7 Å². The summed E-state index contributed by atoms with van der Waals surface area (Å²) in [5.74, 6) is 0.214. The van der Waals surface area contributed by atoms with E-state index >= 15 is 0 Å². The normalized spacial score (nSPS) is 14.1. The van der Waals surface area contributed by atoms with Crippen LogP contribution >= 0.6 is 0 Å². The van der Waals surface area contributed by atoms with Gasteiger partial charge in [0, 0.05) is 13.1 Å². The summed E-state index contributed by atoms with van der Waals surface area (Å²) >= 11 is 0. The molecule has 0 saturated heterocycles. The van der Waals surface area contributed by atoms with Crippen LogP contribution in [0.1, 0.15) is 34.1 Å². The Kier molecular flexibility index (Phi) is 5.83. The highest BCUT2D eigenvalue weighted by Gasteiger charge is 2.21. The number of nitrogens with two attached hydrogens (primary N) is 1. The molecule has 1 amide bonds. The average Bonchev–Trinajstić information content (AvgIpc) is 2.11. The molecular formula is C11H24N2O2. The van der Waals surface area contributed by atoms with E-state index < -0.39 is 6.10 Å². The van der Waals surface area contributed by atoms with E-state index in [1.165, 1.54) is 0 Å². The first-order valence-electron chi connectivity index (χ1n) is 5.44. The van der Waals surface area contributed by atoms with Gasteiger partial charge in [0.25, 0.3) is 0 Å². The summed E-state index contributed by atoms with van der Waals surface area (Å²) in [5, 5.41) is 11.9. The van der Waals surface area contributed by atoms with E-state index in [0.717, 1.165) is 6.42 Å². The Morgan fingerprint density at radius 3 is 2.40 bits per heavy atom. The van der Waals surface area contributed by atoms with Crippen LogP contribution in [0.2, 0.25) is 0 Å². The minimum atomic E-state index is -1.08. The number of carbonyl (C=O) groups excluding carboxylic acids is 1. The van der Waals surface area contributed by atoms with Gasteiger partial charge in [-0.2, -0.15) is 0 Å². The molecule has 1 atom stereocenters. The van der Waals surface area contributed by atoms with Crippen LogP contribution in [-0.4, -0.2) is 30.2 Å². The standard InChI is InChI=1S/C11H24N2O2/c1-8(2)5-11(3,4)7-13-10(15)9(14)6-12/h8-9,14H,5-7,12H2,1-4H3,(H,13,15). The van der Waals surface area contributed by atoms with E-state index in [4.69, 9.17) is 10.8 Å². The van der Waals surface area contributed by atoms with Crippen molar-refractivity contribution in [3.05, 3.63) is 0 Å². The fourth-order valence-electron chi connectivity index (χ4n) is 1.73. The molecule has 0 aliphatic carbocycles. The summed E-state index contributed by atoms with van der Waals surface area (Å²) < 4.78 is 0. The topological polar surface area (TPSA) is 75.3 Å². The van der Waals surface area contributed by atoms with E-state index in [9.17, 15) is 4.79 Å². The second kappa shape index (κ2) is 6.08. The summed E-state index contributed by atoms with van der Waals surface area (Å²) in [5.41, 5.74) is 5.24. The van der Waals surface area contributed by atoms with Crippen molar-refractivity contribution in [3.8, 4) is 0 Å². The molecule has 4 N–H and O–H groups in total. The van der Waals surface area contributed by atoms with E-state index in [2.05, 4.69) is 33.0 Å². The Morgan fingerprint density at radius 1 is 1.47 bits per heavy atom. The van der Waals surface area contributed by atoms with Crippen LogP contribution < -0.4 is 11.1 Å². The molecule has 0 bridgehead atoms. The molecule has 0 aromatic rings. The number of aliphatic hydroxyl groups is 1. The van der Waals surface area contributed by atoms with Crippen molar-refractivity contribution in [1.82, 2.24) is 5.32 Å². The summed E-state index contributed by atoms with van der Waals surface area (Å²) in [6.07, 6.45) is -0.0497. The van der Waals surface area contributed by atoms with Crippen LogP contribution in [0.25, 0.3) is 0 Å². The monoisotopic (exact) mass is 216 g/mol. The summed E-state index contributed by atoms with van der Waals surface area (Å²) in [6, 6.07) is 0. The van der Waals surface area contributed by atoms with Crippen molar-refractivity contribution in [3.63, 3.8) is 0 Å². The minimum absolute atomic E-state index is 0.0313. The highest BCUT2D eigenvalue weighted by molar-refractivity contribution is 5.80. The predicted molar refractivity (Wildman–Crippen MR) is 61.3 cm³/mol. The lowest BCUT2D eigenvalue weighted by molar-refractivity contribution is -0.129. The first kappa shape index (κ1) is 14.4. The van der Waals surface area contributed by atoms with Gasteiger partial charge in [-0.05, 0) is 17.8 Å². The molecule has 0 fully saturated rings. The number of rotatable bonds is 6. The fourth-order valence-corrected chi connectivity index (χ4v) is 1.73. The largest absolute Gasteiger partial charge is 0.382 e. The van der Waals surface area contributed by atoms with Gasteiger partial charge in [0.2, 0.25) is 5.91 Å². The molecule has 0 rings (SSSR count). The SMILES string of the molecule is CC(C)CC(C)(C)CNC(=O)C(O)CN.